The van der Waals surface area contributed by atoms with Crippen molar-refractivity contribution >= 4 is 94.7 Å². The van der Waals surface area contributed by atoms with E-state index in [1.807, 2.05) is 6.07 Å². The smallest absolute Gasteiger partial charge is 0.143 e. The highest BCUT2D eigenvalue weighted by Crippen LogP contribution is 2.46. The van der Waals surface area contributed by atoms with Gasteiger partial charge in [-0.25, -0.2) is 0 Å². The molecule has 0 saturated heterocycles. The van der Waals surface area contributed by atoms with Crippen LogP contribution >= 0.6 is 0 Å². The quantitative estimate of drug-likeness (QED) is 0.136. The van der Waals surface area contributed by atoms with Crippen LogP contribution in [-0.2, 0) is 0 Å². The highest BCUT2D eigenvalue weighted by atomic mass is 16.3. The lowest BCUT2D eigenvalue weighted by molar-refractivity contribution is 0.673. The summed E-state index contributed by atoms with van der Waals surface area (Å²) in [5.41, 5.74) is 11.3. The van der Waals surface area contributed by atoms with Gasteiger partial charge in [-0.05, 0) is 119 Å². The van der Waals surface area contributed by atoms with Crippen molar-refractivity contribution in [3.63, 3.8) is 0 Å². The molecular formula is C56H39N3O. The summed E-state index contributed by atoms with van der Waals surface area (Å²) in [5, 5.41) is 6.86. The Kier molecular flexibility index (Phi) is 8.79. The average Bonchev–Trinajstić information content (AvgIpc) is 3.72. The number of para-hydroxylation sites is 5. The molecule has 4 nitrogen and oxygen atoms in total. The van der Waals surface area contributed by atoms with Gasteiger partial charge in [-0.3, -0.25) is 0 Å². The minimum Gasteiger partial charge on any atom is -0.455 e. The normalized spacial score (nSPS) is 11.3. The van der Waals surface area contributed by atoms with Crippen LogP contribution in [0, 0.1) is 0 Å². The fourth-order valence-corrected chi connectivity index (χ4v) is 8.72. The molecule has 0 saturated carbocycles. The highest BCUT2D eigenvalue weighted by Gasteiger charge is 2.22. The number of fused-ring (bicyclic) bond motifs is 8. The number of furan rings is 1. The van der Waals surface area contributed by atoms with E-state index in [4.69, 9.17) is 4.42 Å². The largest absolute Gasteiger partial charge is 0.455 e. The molecule has 0 atom stereocenters. The molecule has 0 radical (unpaired) electrons. The third-order valence-corrected chi connectivity index (χ3v) is 11.3. The summed E-state index contributed by atoms with van der Waals surface area (Å²) in [5.74, 6) is 0. The first kappa shape index (κ1) is 35.1. The number of nitrogens with zero attached hydrogens (tertiary/aromatic N) is 3. The summed E-state index contributed by atoms with van der Waals surface area (Å²) < 4.78 is 6.67. The molecule has 60 heavy (non-hydrogen) atoms. The molecule has 4 heteroatoms. The van der Waals surface area contributed by atoms with Gasteiger partial charge in [-0.15, -0.1) is 0 Å². The Balaban J connectivity index is 1.16. The van der Waals surface area contributed by atoms with Gasteiger partial charge in [0.25, 0.3) is 0 Å². The summed E-state index contributed by atoms with van der Waals surface area (Å²) in [6.45, 7) is 0. The monoisotopic (exact) mass is 769 g/mol. The lowest BCUT2D eigenvalue weighted by atomic mass is 9.96. The van der Waals surface area contributed by atoms with Crippen LogP contribution in [0.1, 0.15) is 0 Å². The second-order valence-corrected chi connectivity index (χ2v) is 15.0. The molecule has 0 aliphatic rings. The first-order chi connectivity index (χ1) is 29.8. The lowest BCUT2D eigenvalue weighted by Crippen LogP contribution is -2.14. The van der Waals surface area contributed by atoms with Crippen LogP contribution in [0.25, 0.3) is 43.5 Å². The van der Waals surface area contributed by atoms with E-state index in [1.54, 1.807) is 0 Å². The second kappa shape index (κ2) is 15.0. The average molecular weight is 770 g/mol. The molecule has 1 aromatic heterocycles. The first-order valence-corrected chi connectivity index (χ1v) is 20.3. The Morgan fingerprint density at radius 3 is 1.07 bits per heavy atom. The predicted octanol–water partition coefficient (Wildman–Crippen LogP) is 16.3. The molecule has 10 aromatic carbocycles. The molecule has 11 rings (SSSR count). The summed E-state index contributed by atoms with van der Waals surface area (Å²) in [6, 6.07) is 83.9. The fraction of sp³-hybridized carbons (Fsp3) is 0. The summed E-state index contributed by atoms with van der Waals surface area (Å²) in [4.78, 5) is 7.02. The maximum Gasteiger partial charge on any atom is 0.143 e. The maximum atomic E-state index is 6.67. The molecule has 1 heterocycles. The summed E-state index contributed by atoms with van der Waals surface area (Å²) in [7, 11) is 0. The van der Waals surface area contributed by atoms with Crippen molar-refractivity contribution in [1.82, 2.24) is 0 Å². The third kappa shape index (κ3) is 6.19. The summed E-state index contributed by atoms with van der Waals surface area (Å²) in [6.07, 6.45) is 0. The number of anilines is 9. The van der Waals surface area contributed by atoms with Gasteiger partial charge in [0.2, 0.25) is 0 Å². The second-order valence-electron chi connectivity index (χ2n) is 15.0. The van der Waals surface area contributed by atoms with Gasteiger partial charge < -0.3 is 19.1 Å². The van der Waals surface area contributed by atoms with Crippen molar-refractivity contribution in [2.75, 3.05) is 14.7 Å². The highest BCUT2D eigenvalue weighted by molar-refractivity contribution is 6.30. The molecule has 0 fully saturated rings. The van der Waals surface area contributed by atoms with Gasteiger partial charge in [0.15, 0.2) is 0 Å². The van der Waals surface area contributed by atoms with Crippen LogP contribution in [0.4, 0.5) is 51.2 Å². The molecule has 0 spiro atoms. The molecule has 0 amide bonds. The Morgan fingerprint density at radius 2 is 0.583 bits per heavy atom. The van der Waals surface area contributed by atoms with Gasteiger partial charge in [-0.1, -0.05) is 133 Å². The third-order valence-electron chi connectivity index (χ3n) is 11.3. The maximum absolute atomic E-state index is 6.67. The van der Waals surface area contributed by atoms with Gasteiger partial charge in [0.1, 0.15) is 11.2 Å². The molecule has 0 N–H and O–H groups in total. The SMILES string of the molecule is c1ccc(N(c2ccccc2)c2cccc(N(c3cccc(N(c4ccccc4)c4ccccc4)c3)c3ccc4c5ccccc5c5oc6ccccc6c5c4c3)c2)cc1. The van der Waals surface area contributed by atoms with Crippen LogP contribution in [0.3, 0.4) is 0 Å². The lowest BCUT2D eigenvalue weighted by Gasteiger charge is -2.31. The van der Waals surface area contributed by atoms with Crippen LogP contribution < -0.4 is 14.7 Å². The Labute approximate surface area is 349 Å². The van der Waals surface area contributed by atoms with E-state index >= 15 is 0 Å². The van der Waals surface area contributed by atoms with E-state index in [0.717, 1.165) is 83.9 Å². The van der Waals surface area contributed by atoms with Crippen molar-refractivity contribution < 1.29 is 4.42 Å². The minimum atomic E-state index is 0.886. The van der Waals surface area contributed by atoms with Crippen LogP contribution in [0.5, 0.6) is 0 Å². The number of hydrogen-bond acceptors (Lipinski definition) is 4. The summed E-state index contributed by atoms with van der Waals surface area (Å²) >= 11 is 0. The molecule has 0 aliphatic heterocycles. The van der Waals surface area contributed by atoms with Crippen molar-refractivity contribution in [2.24, 2.45) is 0 Å². The predicted molar refractivity (Wildman–Crippen MR) is 253 cm³/mol. The number of hydrogen-bond donors (Lipinski definition) is 0. The zero-order chi connectivity index (χ0) is 39.8. The van der Waals surface area contributed by atoms with Gasteiger partial charge in [-0.2, -0.15) is 0 Å². The zero-order valence-electron chi connectivity index (χ0n) is 32.8. The molecule has 284 valence electrons. The van der Waals surface area contributed by atoms with Crippen LogP contribution in [0.15, 0.2) is 241 Å². The molecule has 0 aliphatic carbocycles. The molecule has 0 unspecified atom stereocenters. The zero-order valence-corrected chi connectivity index (χ0v) is 32.8. The molecule has 0 bridgehead atoms. The van der Waals surface area contributed by atoms with Crippen LogP contribution in [0.2, 0.25) is 0 Å². The van der Waals surface area contributed by atoms with E-state index in [1.165, 1.54) is 10.8 Å². The van der Waals surface area contributed by atoms with E-state index in [-0.39, 0.29) is 0 Å². The number of benzene rings is 10. The van der Waals surface area contributed by atoms with E-state index < -0.39 is 0 Å². The van der Waals surface area contributed by atoms with Crippen LogP contribution in [-0.4, -0.2) is 0 Å². The van der Waals surface area contributed by atoms with Gasteiger partial charge in [0, 0.05) is 67.3 Å². The number of rotatable bonds is 9. The van der Waals surface area contributed by atoms with Crippen molar-refractivity contribution in [3.05, 3.63) is 237 Å². The molecule has 11 aromatic rings. The minimum absolute atomic E-state index is 0.886. The standard InChI is InChI=1S/C56H39N3O/c1-5-19-40(20-6-1)57(41-21-7-2-8-22-41)44-27-17-29-46(37-44)59(47-30-18-28-45(38-47)58(42-23-9-3-10-24-42)43-25-11-4-12-26-43)48-35-36-50-49-31-13-14-32-51(49)56-55(53(50)39-48)52-33-15-16-34-54(52)60-56/h1-39H. The van der Waals surface area contributed by atoms with Gasteiger partial charge >= 0.3 is 0 Å². The Bertz CT molecular complexity index is 3070. The Morgan fingerprint density at radius 1 is 0.233 bits per heavy atom. The van der Waals surface area contributed by atoms with Crippen molar-refractivity contribution in [2.45, 2.75) is 0 Å². The van der Waals surface area contributed by atoms with Crippen molar-refractivity contribution in [1.29, 1.82) is 0 Å². The fourth-order valence-electron chi connectivity index (χ4n) is 8.72. The van der Waals surface area contributed by atoms with Crippen molar-refractivity contribution in [3.8, 4) is 0 Å². The van der Waals surface area contributed by atoms with E-state index in [2.05, 4.69) is 245 Å². The Hall–Kier alpha value is -8.08. The van der Waals surface area contributed by atoms with E-state index in [9.17, 15) is 0 Å². The molecular weight excluding hydrogens is 731 g/mol. The van der Waals surface area contributed by atoms with Gasteiger partial charge in [0.05, 0.1) is 0 Å². The topological polar surface area (TPSA) is 22.9 Å². The van der Waals surface area contributed by atoms with E-state index in [0.29, 0.717) is 0 Å². The first-order valence-electron chi connectivity index (χ1n) is 20.3.